The smallest absolute Gasteiger partial charge is 0.342 e. The first-order valence-electron chi connectivity index (χ1n) is 8.98. The van der Waals surface area contributed by atoms with Crippen LogP contribution in [-0.2, 0) is 6.18 Å². The molecule has 0 bridgehead atoms. The molecule has 31 heavy (non-hydrogen) atoms. The van der Waals surface area contributed by atoms with Gasteiger partial charge >= 0.3 is 6.18 Å². The van der Waals surface area contributed by atoms with E-state index < -0.39 is 17.6 Å². The lowest BCUT2D eigenvalue weighted by atomic mass is 10.2. The van der Waals surface area contributed by atoms with Crippen LogP contribution in [0, 0.1) is 5.82 Å². The Balaban J connectivity index is 3.00. The van der Waals surface area contributed by atoms with Crippen molar-refractivity contribution < 1.29 is 17.6 Å². The number of halogens is 5. The summed E-state index contributed by atoms with van der Waals surface area (Å²) in [4.78, 5) is 8.38. The van der Waals surface area contributed by atoms with Gasteiger partial charge in [-0.05, 0) is 43.7 Å². The van der Waals surface area contributed by atoms with Gasteiger partial charge in [0.2, 0.25) is 5.96 Å². The minimum absolute atomic E-state index is 0.00385. The van der Waals surface area contributed by atoms with E-state index in [0.717, 1.165) is 11.6 Å². The molecule has 10 heteroatoms. The molecule has 0 aliphatic rings. The molecule has 0 aliphatic heterocycles. The number of hydrogen-bond acceptors (Lipinski definition) is 3. The van der Waals surface area contributed by atoms with Crippen LogP contribution in [-0.4, -0.2) is 25.4 Å². The highest BCUT2D eigenvalue weighted by Crippen LogP contribution is 2.33. The SMILES string of the molecule is C=C(Cl)/C=C\C(=CC)CN=C(NC(=C)Nc1ccc(F)c(C(F)(F)F)c1)NC(C)=NC. The maximum Gasteiger partial charge on any atom is 0.419 e. The summed E-state index contributed by atoms with van der Waals surface area (Å²) < 4.78 is 52.2. The van der Waals surface area contributed by atoms with Gasteiger partial charge in [-0.3, -0.25) is 4.99 Å². The summed E-state index contributed by atoms with van der Waals surface area (Å²) in [6.07, 6.45) is 0.396. The molecule has 0 amide bonds. The molecule has 0 saturated carbocycles. The van der Waals surface area contributed by atoms with Crippen LogP contribution >= 0.6 is 11.6 Å². The third kappa shape index (κ3) is 9.52. The molecule has 1 aromatic rings. The van der Waals surface area contributed by atoms with E-state index >= 15 is 0 Å². The van der Waals surface area contributed by atoms with Gasteiger partial charge in [-0.2, -0.15) is 13.2 Å². The first-order valence-corrected chi connectivity index (χ1v) is 9.36. The van der Waals surface area contributed by atoms with Crippen LogP contribution in [0.15, 0.2) is 76.0 Å². The van der Waals surface area contributed by atoms with Crippen LogP contribution in [0.5, 0.6) is 0 Å². The topological polar surface area (TPSA) is 60.8 Å². The Kier molecular flexibility index (Phi) is 10.0. The molecule has 168 valence electrons. The van der Waals surface area contributed by atoms with Gasteiger partial charge in [0.1, 0.15) is 11.6 Å². The average Bonchev–Trinajstić information content (AvgIpc) is 2.68. The number of guanidine groups is 1. The van der Waals surface area contributed by atoms with Gasteiger partial charge in [-0.15, -0.1) is 0 Å². The molecule has 0 aromatic heterocycles. The van der Waals surface area contributed by atoms with Crippen molar-refractivity contribution in [3.63, 3.8) is 0 Å². The highest BCUT2D eigenvalue weighted by Gasteiger charge is 2.34. The zero-order chi connectivity index (χ0) is 23.6. The summed E-state index contributed by atoms with van der Waals surface area (Å²) >= 11 is 5.73. The van der Waals surface area contributed by atoms with E-state index in [1.54, 1.807) is 26.1 Å². The molecule has 1 rings (SSSR count). The predicted molar refractivity (Wildman–Crippen MR) is 120 cm³/mol. The van der Waals surface area contributed by atoms with Crippen molar-refractivity contribution in [1.82, 2.24) is 10.6 Å². The fourth-order valence-electron chi connectivity index (χ4n) is 2.11. The van der Waals surface area contributed by atoms with E-state index in [1.807, 2.05) is 13.0 Å². The fraction of sp³-hybridized carbons (Fsp3) is 0.238. The number of hydrogen-bond donors (Lipinski definition) is 3. The van der Waals surface area contributed by atoms with Gasteiger partial charge < -0.3 is 16.0 Å². The van der Waals surface area contributed by atoms with Crippen LogP contribution < -0.4 is 16.0 Å². The van der Waals surface area contributed by atoms with Crippen LogP contribution in [0.1, 0.15) is 19.4 Å². The molecular weight excluding hydrogens is 434 g/mol. The molecular formula is C21H24ClF4N5. The van der Waals surface area contributed by atoms with Gasteiger partial charge in [0.15, 0.2) is 0 Å². The van der Waals surface area contributed by atoms with Crippen molar-refractivity contribution in [3.8, 4) is 0 Å². The molecule has 0 saturated heterocycles. The molecule has 0 spiro atoms. The van der Waals surface area contributed by atoms with Crippen LogP contribution in [0.2, 0.25) is 0 Å². The first kappa shape index (κ1) is 26.0. The highest BCUT2D eigenvalue weighted by molar-refractivity contribution is 6.30. The normalized spacial score (nSPS) is 13.4. The second-order valence-electron chi connectivity index (χ2n) is 6.16. The van der Waals surface area contributed by atoms with Gasteiger partial charge in [0.25, 0.3) is 0 Å². The van der Waals surface area contributed by atoms with Crippen molar-refractivity contribution in [3.05, 3.63) is 77.4 Å². The van der Waals surface area contributed by atoms with Crippen LogP contribution in [0.3, 0.4) is 0 Å². The fourth-order valence-corrected chi connectivity index (χ4v) is 2.18. The first-order chi connectivity index (χ1) is 14.5. The number of allylic oxidation sites excluding steroid dienone is 3. The summed E-state index contributed by atoms with van der Waals surface area (Å²) in [6.45, 7) is 11.1. The Bertz CT molecular complexity index is 930. The second-order valence-corrected chi connectivity index (χ2v) is 6.65. The van der Waals surface area contributed by atoms with E-state index in [1.165, 1.54) is 6.07 Å². The van der Waals surface area contributed by atoms with Crippen molar-refractivity contribution in [2.45, 2.75) is 20.0 Å². The summed E-state index contributed by atoms with van der Waals surface area (Å²) in [6, 6.07) is 2.56. The number of alkyl halides is 3. The molecule has 5 nitrogen and oxygen atoms in total. The molecule has 0 radical (unpaired) electrons. The Hall–Kier alpha value is -3.07. The zero-order valence-electron chi connectivity index (χ0n) is 17.4. The van der Waals surface area contributed by atoms with E-state index in [0.29, 0.717) is 16.9 Å². The van der Waals surface area contributed by atoms with Crippen LogP contribution in [0.4, 0.5) is 23.2 Å². The van der Waals surface area contributed by atoms with E-state index in [2.05, 4.69) is 39.1 Å². The average molecular weight is 458 g/mol. The quantitative estimate of drug-likeness (QED) is 0.217. The van der Waals surface area contributed by atoms with E-state index in [9.17, 15) is 17.6 Å². The standard InChI is InChI=1S/C21H24ClF4N5/c1-6-16(8-7-13(2)22)12-28-20(30-14(3)27-5)31-15(4)29-17-9-10-19(23)18(11-17)21(24,25)26/h6-11,29H,2,4,12H2,1,3,5H3,(H2,27,28,30,31)/b8-7-,16-6?. The van der Waals surface area contributed by atoms with Crippen molar-refractivity contribution in [1.29, 1.82) is 0 Å². The molecule has 3 N–H and O–H groups in total. The number of nitrogens with zero attached hydrogens (tertiary/aromatic N) is 2. The third-order valence-corrected chi connectivity index (χ3v) is 3.87. The number of aliphatic imine (C=N–C) groups is 2. The minimum Gasteiger partial charge on any atom is -0.342 e. The molecule has 0 unspecified atom stereocenters. The van der Waals surface area contributed by atoms with Gasteiger partial charge in [-0.1, -0.05) is 36.9 Å². The second kappa shape index (κ2) is 11.9. The van der Waals surface area contributed by atoms with E-state index in [4.69, 9.17) is 11.6 Å². The summed E-state index contributed by atoms with van der Waals surface area (Å²) in [7, 11) is 1.58. The lowest BCUT2D eigenvalue weighted by Gasteiger charge is -2.17. The third-order valence-electron chi connectivity index (χ3n) is 3.74. The number of anilines is 1. The monoisotopic (exact) mass is 457 g/mol. The summed E-state index contributed by atoms with van der Waals surface area (Å²) in [5.41, 5.74) is -0.540. The van der Waals surface area contributed by atoms with Crippen molar-refractivity contribution in [2.24, 2.45) is 9.98 Å². The molecule has 0 fully saturated rings. The number of amidine groups is 1. The molecule has 0 heterocycles. The van der Waals surface area contributed by atoms with E-state index in [-0.39, 0.29) is 24.0 Å². The highest BCUT2D eigenvalue weighted by atomic mass is 35.5. The molecule has 0 aliphatic carbocycles. The Labute approximate surface area is 184 Å². The Morgan fingerprint density at radius 1 is 1.19 bits per heavy atom. The van der Waals surface area contributed by atoms with Crippen LogP contribution in [0.25, 0.3) is 0 Å². The maximum absolute atomic E-state index is 13.5. The molecule has 0 atom stereocenters. The minimum atomic E-state index is -4.82. The lowest BCUT2D eigenvalue weighted by Crippen LogP contribution is -2.41. The zero-order valence-corrected chi connectivity index (χ0v) is 18.1. The van der Waals surface area contributed by atoms with Gasteiger partial charge in [0.05, 0.1) is 17.9 Å². The van der Waals surface area contributed by atoms with Gasteiger partial charge in [-0.25, -0.2) is 9.38 Å². The maximum atomic E-state index is 13.5. The number of rotatable bonds is 7. The van der Waals surface area contributed by atoms with Gasteiger partial charge in [0, 0.05) is 17.8 Å². The number of nitrogens with one attached hydrogen (secondary N) is 3. The van der Waals surface area contributed by atoms with Crippen molar-refractivity contribution >= 4 is 29.1 Å². The molecule has 1 aromatic carbocycles. The van der Waals surface area contributed by atoms with Crippen molar-refractivity contribution in [2.75, 3.05) is 18.9 Å². The number of benzene rings is 1. The Morgan fingerprint density at radius 2 is 1.87 bits per heavy atom. The summed E-state index contributed by atoms with van der Waals surface area (Å²) in [5.74, 6) is -0.466. The largest absolute Gasteiger partial charge is 0.419 e. The summed E-state index contributed by atoms with van der Waals surface area (Å²) in [5, 5.41) is 8.78. The lowest BCUT2D eigenvalue weighted by molar-refractivity contribution is -0.139. The Morgan fingerprint density at radius 3 is 2.42 bits per heavy atom. The predicted octanol–water partition coefficient (Wildman–Crippen LogP) is 5.57.